The number of anilines is 1. The number of hydrogen-bond acceptors (Lipinski definition) is 6. The number of carboxylic acid groups (broad SMARTS) is 1. The number of rotatable bonds is 6. The Balaban J connectivity index is 1.60. The Labute approximate surface area is 247 Å². The highest BCUT2D eigenvalue weighted by Crippen LogP contribution is 2.42. The topological polar surface area (TPSA) is 111 Å². The molecule has 0 saturated carbocycles. The van der Waals surface area contributed by atoms with E-state index in [-0.39, 0.29) is 17.8 Å². The number of esters is 1. The third kappa shape index (κ3) is 5.16. The molecule has 5 rings (SSSR count). The minimum atomic E-state index is -2.34. The van der Waals surface area contributed by atoms with Crippen molar-refractivity contribution in [1.29, 1.82) is 0 Å². The third-order valence-corrected chi connectivity index (χ3v) is 7.51. The van der Waals surface area contributed by atoms with Crippen LogP contribution in [0.5, 0.6) is 0 Å². The molecule has 0 aliphatic heterocycles. The van der Waals surface area contributed by atoms with Gasteiger partial charge in [0.15, 0.2) is 30.0 Å². The summed E-state index contributed by atoms with van der Waals surface area (Å²) in [7, 11) is 0. The molecule has 0 radical (unpaired) electrons. The standard InChI is InChI=1S/C31H26F5N3O5/c1-13-37-20-10-14-8-9-19(17(14)11-18(20)28(40)39(13)12-44-30(43)31(2,3)4)38-27-15(6-5-7-16(27)29(41)42)21-22(32)24(34)26(36)25(35)23(21)33/h5-7,10-11,19,38H,8-9,12H2,1-4H3,(H,41,42). The lowest BCUT2D eigenvalue weighted by molar-refractivity contribution is -0.157. The Kier molecular flexibility index (Phi) is 7.68. The van der Waals surface area contributed by atoms with Gasteiger partial charge in [0.25, 0.3) is 5.56 Å². The van der Waals surface area contributed by atoms with E-state index in [1.54, 1.807) is 39.8 Å². The lowest BCUT2D eigenvalue weighted by atomic mass is 9.96. The second-order valence-electron chi connectivity index (χ2n) is 11.5. The highest BCUT2D eigenvalue weighted by Gasteiger charge is 2.32. The molecule has 1 aromatic heterocycles. The fraction of sp³-hybridized carbons (Fsp3) is 0.290. The Hall–Kier alpha value is -4.81. The first-order valence-corrected chi connectivity index (χ1v) is 13.5. The molecule has 1 aliphatic carbocycles. The molecule has 0 spiro atoms. The van der Waals surface area contributed by atoms with Gasteiger partial charge in [0, 0.05) is 5.56 Å². The van der Waals surface area contributed by atoms with E-state index >= 15 is 0 Å². The predicted molar refractivity (Wildman–Crippen MR) is 150 cm³/mol. The highest BCUT2D eigenvalue weighted by molar-refractivity contribution is 5.99. The van der Waals surface area contributed by atoms with Gasteiger partial charge in [-0.15, -0.1) is 0 Å². The number of halogens is 5. The van der Waals surface area contributed by atoms with Crippen LogP contribution in [0.25, 0.3) is 22.0 Å². The molecule has 0 amide bonds. The maximum absolute atomic E-state index is 14.8. The number of ether oxygens (including phenoxy) is 1. The molecular weight excluding hydrogens is 589 g/mol. The number of para-hydroxylation sites is 1. The lowest BCUT2D eigenvalue weighted by Gasteiger charge is -2.22. The number of carboxylic acids is 1. The SMILES string of the molecule is Cc1nc2cc3c(cc2c(=O)n1COC(=O)C(C)(C)C)C(Nc1c(C(=O)O)cccc1-c1c(F)c(F)c(F)c(F)c1F)CC3. The van der Waals surface area contributed by atoms with Crippen LogP contribution in [0.4, 0.5) is 27.6 Å². The Morgan fingerprint density at radius 2 is 1.68 bits per heavy atom. The zero-order chi connectivity index (χ0) is 32.2. The van der Waals surface area contributed by atoms with Gasteiger partial charge in [-0.05, 0) is 69.9 Å². The van der Waals surface area contributed by atoms with Gasteiger partial charge in [0.05, 0.1) is 39.2 Å². The summed E-state index contributed by atoms with van der Waals surface area (Å²) in [6.45, 7) is 6.21. The molecule has 0 saturated heterocycles. The van der Waals surface area contributed by atoms with Gasteiger partial charge in [0.2, 0.25) is 5.82 Å². The van der Waals surface area contributed by atoms with Crippen LogP contribution < -0.4 is 10.9 Å². The van der Waals surface area contributed by atoms with Crippen molar-refractivity contribution in [3.8, 4) is 11.1 Å². The number of nitrogens with zero attached hydrogens (tertiary/aromatic N) is 2. The average molecular weight is 616 g/mol. The number of nitrogens with one attached hydrogen (secondary N) is 1. The number of aromatic nitrogens is 2. The second-order valence-corrected chi connectivity index (χ2v) is 11.5. The van der Waals surface area contributed by atoms with Gasteiger partial charge >= 0.3 is 11.9 Å². The van der Waals surface area contributed by atoms with E-state index in [1.165, 1.54) is 4.57 Å². The van der Waals surface area contributed by atoms with Gasteiger partial charge in [-0.1, -0.05) is 12.1 Å². The lowest BCUT2D eigenvalue weighted by Crippen LogP contribution is -2.30. The van der Waals surface area contributed by atoms with E-state index in [0.29, 0.717) is 29.7 Å². The molecule has 1 heterocycles. The van der Waals surface area contributed by atoms with Crippen molar-refractivity contribution in [2.24, 2.45) is 5.41 Å². The van der Waals surface area contributed by atoms with Gasteiger partial charge in [-0.3, -0.25) is 14.2 Å². The molecule has 0 bridgehead atoms. The first kappa shape index (κ1) is 30.6. The van der Waals surface area contributed by atoms with Crippen molar-refractivity contribution >= 4 is 28.5 Å². The summed E-state index contributed by atoms with van der Waals surface area (Å²) in [6.07, 6.45) is 0.787. The molecule has 4 aromatic rings. The average Bonchev–Trinajstić information content (AvgIpc) is 3.35. The zero-order valence-electron chi connectivity index (χ0n) is 23.9. The van der Waals surface area contributed by atoms with Crippen LogP contribution in [0.15, 0.2) is 35.1 Å². The fourth-order valence-corrected chi connectivity index (χ4v) is 5.19. The largest absolute Gasteiger partial charge is 0.478 e. The quantitative estimate of drug-likeness (QED) is 0.112. The molecular formula is C31H26F5N3O5. The van der Waals surface area contributed by atoms with E-state index in [2.05, 4.69) is 10.3 Å². The van der Waals surface area contributed by atoms with Gasteiger partial charge in [0.1, 0.15) is 5.82 Å². The number of aryl methyl sites for hydroxylation is 2. The van der Waals surface area contributed by atoms with Crippen LogP contribution in [0.2, 0.25) is 0 Å². The number of carbonyl (C=O) groups is 2. The molecule has 230 valence electrons. The van der Waals surface area contributed by atoms with E-state index in [4.69, 9.17) is 4.74 Å². The Morgan fingerprint density at radius 1 is 1.05 bits per heavy atom. The number of fused-ring (bicyclic) bond motifs is 2. The summed E-state index contributed by atoms with van der Waals surface area (Å²) in [5, 5.41) is 13.0. The number of carbonyl (C=O) groups excluding carboxylic acids is 1. The first-order valence-electron chi connectivity index (χ1n) is 13.5. The van der Waals surface area contributed by atoms with E-state index in [9.17, 15) is 41.4 Å². The monoisotopic (exact) mass is 615 g/mol. The van der Waals surface area contributed by atoms with Crippen molar-refractivity contribution in [1.82, 2.24) is 9.55 Å². The second kappa shape index (κ2) is 11.0. The van der Waals surface area contributed by atoms with Crippen molar-refractivity contribution in [3.63, 3.8) is 0 Å². The normalized spacial score (nSPS) is 14.5. The Morgan fingerprint density at radius 3 is 2.30 bits per heavy atom. The summed E-state index contributed by atoms with van der Waals surface area (Å²) >= 11 is 0. The summed E-state index contributed by atoms with van der Waals surface area (Å²) in [6, 6.07) is 5.83. The van der Waals surface area contributed by atoms with E-state index in [1.807, 2.05) is 0 Å². The van der Waals surface area contributed by atoms with Gasteiger partial charge in [-0.25, -0.2) is 31.7 Å². The molecule has 13 heteroatoms. The van der Waals surface area contributed by atoms with Crippen LogP contribution in [0, 0.1) is 41.4 Å². The van der Waals surface area contributed by atoms with Crippen LogP contribution in [0.3, 0.4) is 0 Å². The van der Waals surface area contributed by atoms with Crippen LogP contribution in [-0.2, 0) is 22.7 Å². The summed E-state index contributed by atoms with van der Waals surface area (Å²) in [5.74, 6) is -12.6. The summed E-state index contributed by atoms with van der Waals surface area (Å²) < 4.78 is 78.2. The van der Waals surface area contributed by atoms with Crippen LogP contribution >= 0.6 is 0 Å². The number of aromatic carboxylic acids is 1. The molecule has 44 heavy (non-hydrogen) atoms. The maximum atomic E-state index is 14.8. The zero-order valence-corrected chi connectivity index (χ0v) is 23.9. The molecule has 3 aromatic carbocycles. The molecule has 0 fully saturated rings. The van der Waals surface area contributed by atoms with Crippen LogP contribution in [-0.4, -0.2) is 26.6 Å². The number of benzene rings is 3. The van der Waals surface area contributed by atoms with E-state index < -0.39 is 74.7 Å². The van der Waals surface area contributed by atoms with Crippen molar-refractivity contribution in [2.75, 3.05) is 5.32 Å². The molecule has 1 unspecified atom stereocenters. The van der Waals surface area contributed by atoms with Gasteiger partial charge in [-0.2, -0.15) is 0 Å². The first-order chi connectivity index (χ1) is 20.6. The summed E-state index contributed by atoms with van der Waals surface area (Å²) in [4.78, 5) is 42.4. The molecule has 2 N–H and O–H groups in total. The third-order valence-electron chi connectivity index (χ3n) is 7.51. The Bertz CT molecular complexity index is 1900. The van der Waals surface area contributed by atoms with Crippen LogP contribution in [0.1, 0.15) is 60.5 Å². The minimum absolute atomic E-state index is 0.168. The predicted octanol–water partition coefficient (Wildman–Crippen LogP) is 6.41. The van der Waals surface area contributed by atoms with E-state index in [0.717, 1.165) is 23.8 Å². The molecule has 1 atom stereocenters. The van der Waals surface area contributed by atoms with Gasteiger partial charge < -0.3 is 15.2 Å². The molecule has 8 nitrogen and oxygen atoms in total. The smallest absolute Gasteiger partial charge is 0.337 e. The molecule has 1 aliphatic rings. The fourth-order valence-electron chi connectivity index (χ4n) is 5.19. The van der Waals surface area contributed by atoms with Crippen molar-refractivity contribution in [2.45, 2.75) is 53.3 Å². The number of hydrogen-bond donors (Lipinski definition) is 2. The summed E-state index contributed by atoms with van der Waals surface area (Å²) in [5.41, 5.74) is -2.30. The minimum Gasteiger partial charge on any atom is -0.478 e. The highest BCUT2D eigenvalue weighted by atomic mass is 19.2. The maximum Gasteiger partial charge on any atom is 0.337 e. The van der Waals surface area contributed by atoms with Crippen molar-refractivity contribution < 1.29 is 41.4 Å². The van der Waals surface area contributed by atoms with Crippen molar-refractivity contribution in [3.05, 3.63) is 92.3 Å².